The number of carbonyl (C=O) groups is 1. The lowest BCUT2D eigenvalue weighted by molar-refractivity contribution is 0.110. The largest absolute Gasteiger partial charge is 0.453 e. The number of carbonyl (C=O) groups excluding carboxylic acids is 1. The SMILES string of the molecule is COC(=O)N1CCCC(c2nccn2Cc2ccncc2)C1. The Labute approximate surface area is 129 Å². The van der Waals surface area contributed by atoms with E-state index in [0.717, 1.165) is 31.8 Å². The maximum Gasteiger partial charge on any atom is 0.409 e. The van der Waals surface area contributed by atoms with Crippen LogP contribution in [-0.2, 0) is 11.3 Å². The number of hydrogen-bond donors (Lipinski definition) is 0. The van der Waals surface area contributed by atoms with Crippen LogP contribution in [0.2, 0.25) is 0 Å². The molecule has 2 aromatic heterocycles. The number of nitrogens with zero attached hydrogens (tertiary/aromatic N) is 4. The molecule has 0 spiro atoms. The van der Waals surface area contributed by atoms with Crippen LogP contribution in [0.25, 0.3) is 0 Å². The maximum absolute atomic E-state index is 11.7. The minimum absolute atomic E-state index is 0.253. The maximum atomic E-state index is 11.7. The normalized spacial score (nSPS) is 18.2. The molecule has 22 heavy (non-hydrogen) atoms. The number of piperidine rings is 1. The second-order valence-corrected chi connectivity index (χ2v) is 5.52. The molecule has 2 aromatic rings. The van der Waals surface area contributed by atoms with Gasteiger partial charge in [0, 0.05) is 50.3 Å². The van der Waals surface area contributed by atoms with E-state index in [4.69, 9.17) is 4.74 Å². The second-order valence-electron chi connectivity index (χ2n) is 5.52. The zero-order chi connectivity index (χ0) is 15.4. The van der Waals surface area contributed by atoms with Gasteiger partial charge in [0.2, 0.25) is 0 Å². The highest BCUT2D eigenvalue weighted by Crippen LogP contribution is 2.26. The molecule has 1 amide bonds. The lowest BCUT2D eigenvalue weighted by Crippen LogP contribution is -2.39. The van der Waals surface area contributed by atoms with Crippen LogP contribution < -0.4 is 0 Å². The van der Waals surface area contributed by atoms with Crippen molar-refractivity contribution in [3.05, 3.63) is 48.3 Å². The molecule has 0 radical (unpaired) electrons. The first kappa shape index (κ1) is 14.6. The van der Waals surface area contributed by atoms with Gasteiger partial charge in [0.15, 0.2) is 0 Å². The number of amides is 1. The Kier molecular flexibility index (Phi) is 4.37. The first-order chi connectivity index (χ1) is 10.8. The Bertz CT molecular complexity index is 626. The number of hydrogen-bond acceptors (Lipinski definition) is 4. The van der Waals surface area contributed by atoms with Crippen molar-refractivity contribution < 1.29 is 9.53 Å². The van der Waals surface area contributed by atoms with E-state index in [1.165, 1.54) is 12.7 Å². The molecule has 1 aliphatic heterocycles. The molecule has 0 saturated carbocycles. The topological polar surface area (TPSA) is 60.2 Å². The van der Waals surface area contributed by atoms with Crippen molar-refractivity contribution in [2.45, 2.75) is 25.3 Å². The van der Waals surface area contributed by atoms with Gasteiger partial charge in [0.1, 0.15) is 5.82 Å². The highest BCUT2D eigenvalue weighted by molar-refractivity contribution is 5.67. The molecule has 1 aliphatic rings. The number of ether oxygens (including phenoxy) is 1. The van der Waals surface area contributed by atoms with Gasteiger partial charge in [-0.25, -0.2) is 9.78 Å². The second kappa shape index (κ2) is 6.60. The van der Waals surface area contributed by atoms with Gasteiger partial charge in [0.05, 0.1) is 7.11 Å². The van der Waals surface area contributed by atoms with E-state index in [9.17, 15) is 4.79 Å². The Morgan fingerprint density at radius 3 is 2.95 bits per heavy atom. The fourth-order valence-corrected chi connectivity index (χ4v) is 2.98. The molecule has 1 unspecified atom stereocenters. The number of imidazole rings is 1. The smallest absolute Gasteiger partial charge is 0.409 e. The molecule has 6 heteroatoms. The van der Waals surface area contributed by atoms with E-state index >= 15 is 0 Å². The molecule has 1 atom stereocenters. The molecule has 0 aliphatic carbocycles. The summed E-state index contributed by atoms with van der Waals surface area (Å²) in [6.45, 7) is 2.20. The molecular weight excluding hydrogens is 280 g/mol. The highest BCUT2D eigenvalue weighted by Gasteiger charge is 2.27. The molecule has 0 N–H and O–H groups in total. The molecule has 0 aromatic carbocycles. The monoisotopic (exact) mass is 300 g/mol. The molecule has 0 bridgehead atoms. The number of rotatable bonds is 3. The standard InChI is InChI=1S/C16H20N4O2/c1-22-16(21)20-9-2-3-14(12-20)15-18-8-10-19(15)11-13-4-6-17-7-5-13/h4-8,10,14H,2-3,9,11-12H2,1H3. The van der Waals surface area contributed by atoms with Gasteiger partial charge in [-0.3, -0.25) is 4.98 Å². The number of likely N-dealkylation sites (tertiary alicyclic amines) is 1. The number of methoxy groups -OCH3 is 1. The molecule has 1 fully saturated rings. The van der Waals surface area contributed by atoms with Crippen LogP contribution in [-0.4, -0.2) is 45.7 Å². The van der Waals surface area contributed by atoms with Crippen LogP contribution in [0, 0.1) is 0 Å². The summed E-state index contributed by atoms with van der Waals surface area (Å²) in [5.41, 5.74) is 1.19. The van der Waals surface area contributed by atoms with Crippen LogP contribution in [0.4, 0.5) is 4.79 Å². The Morgan fingerprint density at radius 1 is 1.36 bits per heavy atom. The molecular formula is C16H20N4O2. The number of pyridine rings is 1. The van der Waals surface area contributed by atoms with E-state index in [1.54, 1.807) is 17.3 Å². The molecule has 3 rings (SSSR count). The van der Waals surface area contributed by atoms with E-state index in [-0.39, 0.29) is 12.0 Å². The highest BCUT2D eigenvalue weighted by atomic mass is 16.5. The molecule has 116 valence electrons. The first-order valence-corrected chi connectivity index (χ1v) is 7.50. The van der Waals surface area contributed by atoms with Crippen molar-refractivity contribution in [1.29, 1.82) is 0 Å². The third-order valence-electron chi connectivity index (χ3n) is 4.07. The quantitative estimate of drug-likeness (QED) is 0.872. The molecule has 3 heterocycles. The predicted octanol–water partition coefficient (Wildman–Crippen LogP) is 2.27. The Hall–Kier alpha value is -2.37. The average molecular weight is 300 g/mol. The lowest BCUT2D eigenvalue weighted by atomic mass is 9.97. The first-order valence-electron chi connectivity index (χ1n) is 7.50. The average Bonchev–Trinajstić information content (AvgIpc) is 3.03. The zero-order valence-electron chi connectivity index (χ0n) is 12.7. The minimum Gasteiger partial charge on any atom is -0.453 e. The predicted molar refractivity (Wildman–Crippen MR) is 81.5 cm³/mol. The van der Waals surface area contributed by atoms with Gasteiger partial charge >= 0.3 is 6.09 Å². The van der Waals surface area contributed by atoms with Gasteiger partial charge in [0.25, 0.3) is 0 Å². The van der Waals surface area contributed by atoms with E-state index < -0.39 is 0 Å². The fraction of sp³-hybridized carbons (Fsp3) is 0.438. The summed E-state index contributed by atoms with van der Waals surface area (Å²) < 4.78 is 6.99. The summed E-state index contributed by atoms with van der Waals surface area (Å²) in [5.74, 6) is 1.29. The number of aromatic nitrogens is 3. The molecule has 6 nitrogen and oxygen atoms in total. The van der Waals surface area contributed by atoms with Crippen molar-refractivity contribution in [3.8, 4) is 0 Å². The van der Waals surface area contributed by atoms with Crippen LogP contribution in [0.1, 0.15) is 30.1 Å². The zero-order valence-corrected chi connectivity index (χ0v) is 12.7. The van der Waals surface area contributed by atoms with Gasteiger partial charge in [-0.1, -0.05) is 0 Å². The van der Waals surface area contributed by atoms with Crippen LogP contribution in [0.3, 0.4) is 0 Å². The van der Waals surface area contributed by atoms with Crippen molar-refractivity contribution in [2.75, 3.05) is 20.2 Å². The van der Waals surface area contributed by atoms with Crippen molar-refractivity contribution in [3.63, 3.8) is 0 Å². The lowest BCUT2D eigenvalue weighted by Gasteiger charge is -2.31. The van der Waals surface area contributed by atoms with Crippen molar-refractivity contribution >= 4 is 6.09 Å². The molecule has 1 saturated heterocycles. The Morgan fingerprint density at radius 2 is 2.18 bits per heavy atom. The summed E-state index contributed by atoms with van der Waals surface area (Å²) in [6.07, 6.45) is 9.18. The van der Waals surface area contributed by atoms with Gasteiger partial charge in [-0.15, -0.1) is 0 Å². The van der Waals surface area contributed by atoms with Gasteiger partial charge < -0.3 is 14.2 Å². The van der Waals surface area contributed by atoms with E-state index in [2.05, 4.69) is 14.5 Å². The third-order valence-corrected chi connectivity index (χ3v) is 4.07. The van der Waals surface area contributed by atoms with E-state index in [0.29, 0.717) is 6.54 Å². The summed E-state index contributed by atoms with van der Waals surface area (Å²) in [7, 11) is 1.43. The van der Waals surface area contributed by atoms with E-state index in [1.807, 2.05) is 24.5 Å². The summed E-state index contributed by atoms with van der Waals surface area (Å²) in [4.78, 5) is 22.1. The summed E-state index contributed by atoms with van der Waals surface area (Å²) in [6, 6.07) is 4.01. The van der Waals surface area contributed by atoms with Gasteiger partial charge in [-0.05, 0) is 30.5 Å². The fourth-order valence-electron chi connectivity index (χ4n) is 2.98. The Balaban J connectivity index is 1.75. The van der Waals surface area contributed by atoms with Crippen molar-refractivity contribution in [2.24, 2.45) is 0 Å². The van der Waals surface area contributed by atoms with Gasteiger partial charge in [-0.2, -0.15) is 0 Å². The van der Waals surface area contributed by atoms with Crippen LogP contribution in [0.15, 0.2) is 36.9 Å². The van der Waals surface area contributed by atoms with Crippen LogP contribution >= 0.6 is 0 Å². The minimum atomic E-state index is -0.253. The summed E-state index contributed by atoms with van der Waals surface area (Å²) in [5, 5.41) is 0. The van der Waals surface area contributed by atoms with Crippen molar-refractivity contribution in [1.82, 2.24) is 19.4 Å². The van der Waals surface area contributed by atoms with Crippen LogP contribution in [0.5, 0.6) is 0 Å². The third kappa shape index (κ3) is 3.10. The summed E-state index contributed by atoms with van der Waals surface area (Å²) >= 11 is 0.